The molecule has 0 aliphatic carbocycles. The van der Waals surface area contributed by atoms with E-state index in [2.05, 4.69) is 21.2 Å². The van der Waals surface area contributed by atoms with Gasteiger partial charge in [-0.2, -0.15) is 0 Å². The van der Waals surface area contributed by atoms with Gasteiger partial charge in [0.25, 0.3) is 0 Å². The minimum Gasteiger partial charge on any atom is -0.450 e. The Morgan fingerprint density at radius 1 is 1.61 bits per heavy atom. The minimum absolute atomic E-state index is 0.0550. The molecule has 1 amide bonds. The van der Waals surface area contributed by atoms with Crippen LogP contribution in [0.3, 0.4) is 0 Å². The molecule has 0 aliphatic rings. The van der Waals surface area contributed by atoms with E-state index in [1.54, 1.807) is 18.2 Å². The fourth-order valence-electron chi connectivity index (χ4n) is 1.49. The number of halogens is 1. The Hall–Kier alpha value is -1.07. The second-order valence-electron chi connectivity index (χ2n) is 4.35. The normalized spacial score (nSPS) is 14.7. The van der Waals surface area contributed by atoms with Crippen molar-refractivity contribution in [2.75, 3.05) is 6.61 Å². The number of carbonyl (C=O) groups is 1. The van der Waals surface area contributed by atoms with E-state index in [9.17, 15) is 4.79 Å². The number of aliphatic hydroxyl groups is 1. The lowest BCUT2D eigenvalue weighted by molar-refractivity contribution is -0.118. The molecule has 0 saturated heterocycles. The maximum atomic E-state index is 11.7. The molecular formula is C13H18BrNO3. The highest BCUT2D eigenvalue weighted by Gasteiger charge is 2.22. The third-order valence-electron chi connectivity index (χ3n) is 2.86. The van der Waals surface area contributed by atoms with Crippen molar-refractivity contribution < 1.29 is 14.3 Å². The first-order valence-electron chi connectivity index (χ1n) is 5.85. The van der Waals surface area contributed by atoms with E-state index < -0.39 is 0 Å². The number of amides is 1. The van der Waals surface area contributed by atoms with Crippen LogP contribution in [0.1, 0.15) is 32.4 Å². The van der Waals surface area contributed by atoms with Gasteiger partial charge in [-0.15, -0.1) is 0 Å². The van der Waals surface area contributed by atoms with Gasteiger partial charge in [0, 0.05) is 18.2 Å². The zero-order valence-electron chi connectivity index (χ0n) is 10.6. The first-order valence-corrected chi connectivity index (χ1v) is 6.65. The smallest absolute Gasteiger partial charge is 0.244 e. The maximum absolute atomic E-state index is 11.7. The van der Waals surface area contributed by atoms with E-state index in [4.69, 9.17) is 9.52 Å². The molecule has 0 fully saturated rings. The van der Waals surface area contributed by atoms with Gasteiger partial charge in [0.15, 0.2) is 4.67 Å². The van der Waals surface area contributed by atoms with Gasteiger partial charge < -0.3 is 14.8 Å². The number of hydrogen-bond acceptors (Lipinski definition) is 3. The second-order valence-corrected chi connectivity index (χ2v) is 5.13. The summed E-state index contributed by atoms with van der Waals surface area (Å²) in [5.74, 6) is 0.415. The van der Waals surface area contributed by atoms with E-state index >= 15 is 0 Å². The number of nitrogens with one attached hydrogen (secondary N) is 1. The van der Waals surface area contributed by atoms with Gasteiger partial charge in [0.2, 0.25) is 5.91 Å². The SMILES string of the molecule is CCC(C)(CCO)NC(=O)/C=C/c1ccc(Br)o1. The molecule has 1 unspecified atom stereocenters. The molecule has 1 aromatic rings. The van der Waals surface area contributed by atoms with Gasteiger partial charge in [-0.1, -0.05) is 6.92 Å². The second kappa shape index (κ2) is 6.75. The zero-order valence-corrected chi connectivity index (χ0v) is 12.2. The Morgan fingerprint density at radius 3 is 2.83 bits per heavy atom. The summed E-state index contributed by atoms with van der Waals surface area (Å²) in [6.45, 7) is 3.95. The highest BCUT2D eigenvalue weighted by molar-refractivity contribution is 9.10. The average Bonchev–Trinajstić information content (AvgIpc) is 2.73. The molecule has 1 atom stereocenters. The van der Waals surface area contributed by atoms with Crippen LogP contribution in [-0.4, -0.2) is 23.2 Å². The summed E-state index contributed by atoms with van der Waals surface area (Å²) in [5, 5.41) is 11.8. The van der Waals surface area contributed by atoms with Crippen LogP contribution < -0.4 is 5.32 Å². The van der Waals surface area contributed by atoms with Crippen LogP contribution in [0, 0.1) is 0 Å². The molecule has 0 saturated carbocycles. The summed E-state index contributed by atoms with van der Waals surface area (Å²) in [4.78, 5) is 11.7. The molecule has 100 valence electrons. The minimum atomic E-state index is -0.375. The molecule has 1 aromatic heterocycles. The maximum Gasteiger partial charge on any atom is 0.244 e. The number of carbonyl (C=O) groups excluding carboxylic acids is 1. The predicted octanol–water partition coefficient (Wildman–Crippen LogP) is 2.72. The predicted molar refractivity (Wildman–Crippen MR) is 74.0 cm³/mol. The molecule has 1 rings (SSSR count). The molecule has 18 heavy (non-hydrogen) atoms. The molecule has 4 nitrogen and oxygen atoms in total. The zero-order chi connectivity index (χ0) is 13.6. The van der Waals surface area contributed by atoms with Crippen LogP contribution in [-0.2, 0) is 4.79 Å². The molecule has 2 N–H and O–H groups in total. The summed E-state index contributed by atoms with van der Waals surface area (Å²) in [6, 6.07) is 3.53. The van der Waals surface area contributed by atoms with E-state index in [1.165, 1.54) is 6.08 Å². The van der Waals surface area contributed by atoms with Crippen LogP contribution >= 0.6 is 15.9 Å². The van der Waals surface area contributed by atoms with Crippen molar-refractivity contribution in [1.82, 2.24) is 5.32 Å². The van der Waals surface area contributed by atoms with Crippen molar-refractivity contribution in [3.8, 4) is 0 Å². The number of aliphatic hydroxyl groups excluding tert-OH is 1. The van der Waals surface area contributed by atoms with Crippen LogP contribution in [0.15, 0.2) is 27.3 Å². The Bertz CT molecular complexity index is 428. The van der Waals surface area contributed by atoms with Gasteiger partial charge in [0.05, 0.1) is 0 Å². The summed E-state index contributed by atoms with van der Waals surface area (Å²) in [6.07, 6.45) is 4.33. The Morgan fingerprint density at radius 2 is 2.33 bits per heavy atom. The van der Waals surface area contributed by atoms with E-state index in [1.807, 2.05) is 13.8 Å². The third kappa shape index (κ3) is 4.66. The fourth-order valence-corrected chi connectivity index (χ4v) is 1.81. The van der Waals surface area contributed by atoms with Crippen LogP contribution in [0.25, 0.3) is 6.08 Å². The fraction of sp³-hybridized carbons (Fsp3) is 0.462. The number of hydrogen-bond donors (Lipinski definition) is 2. The van der Waals surface area contributed by atoms with Gasteiger partial charge in [0.1, 0.15) is 5.76 Å². The topological polar surface area (TPSA) is 62.5 Å². The summed E-state index contributed by atoms with van der Waals surface area (Å²) < 4.78 is 5.87. The summed E-state index contributed by atoms with van der Waals surface area (Å²) in [5.41, 5.74) is -0.375. The lowest BCUT2D eigenvalue weighted by atomic mass is 9.95. The van der Waals surface area contributed by atoms with Crippen LogP contribution in [0.5, 0.6) is 0 Å². The quantitative estimate of drug-likeness (QED) is 0.793. The Kier molecular flexibility index (Phi) is 5.62. The third-order valence-corrected chi connectivity index (χ3v) is 3.29. The van der Waals surface area contributed by atoms with Crippen molar-refractivity contribution in [3.63, 3.8) is 0 Å². The molecule has 1 heterocycles. The summed E-state index contributed by atoms with van der Waals surface area (Å²) >= 11 is 3.19. The van der Waals surface area contributed by atoms with Crippen molar-refractivity contribution in [1.29, 1.82) is 0 Å². The average molecular weight is 316 g/mol. The van der Waals surface area contributed by atoms with Crippen molar-refractivity contribution in [2.24, 2.45) is 0 Å². The number of rotatable bonds is 6. The molecule has 0 spiro atoms. The van der Waals surface area contributed by atoms with E-state index in [-0.39, 0.29) is 18.1 Å². The molecular weight excluding hydrogens is 298 g/mol. The van der Waals surface area contributed by atoms with Crippen molar-refractivity contribution in [3.05, 3.63) is 28.6 Å². The Balaban J connectivity index is 2.58. The van der Waals surface area contributed by atoms with Crippen molar-refractivity contribution >= 4 is 27.9 Å². The van der Waals surface area contributed by atoms with Crippen molar-refractivity contribution in [2.45, 2.75) is 32.2 Å². The van der Waals surface area contributed by atoms with E-state index in [0.29, 0.717) is 16.9 Å². The van der Waals surface area contributed by atoms with Gasteiger partial charge >= 0.3 is 0 Å². The van der Waals surface area contributed by atoms with Crippen LogP contribution in [0.2, 0.25) is 0 Å². The number of furan rings is 1. The van der Waals surface area contributed by atoms with Gasteiger partial charge in [-0.25, -0.2) is 0 Å². The monoisotopic (exact) mass is 315 g/mol. The van der Waals surface area contributed by atoms with Gasteiger partial charge in [-0.3, -0.25) is 4.79 Å². The van der Waals surface area contributed by atoms with Gasteiger partial charge in [-0.05, 0) is 53.9 Å². The molecule has 0 aromatic carbocycles. The largest absolute Gasteiger partial charge is 0.450 e. The standard InChI is InChI=1S/C13H18BrNO3/c1-3-13(2,8-9-16)15-12(17)7-5-10-4-6-11(14)18-10/h4-7,16H,3,8-9H2,1-2H3,(H,15,17)/b7-5+. The Labute approximate surface area is 115 Å². The first-order chi connectivity index (χ1) is 8.49. The van der Waals surface area contributed by atoms with Crippen LogP contribution in [0.4, 0.5) is 0 Å². The highest BCUT2D eigenvalue weighted by Crippen LogP contribution is 2.16. The lowest BCUT2D eigenvalue weighted by Crippen LogP contribution is -2.45. The molecule has 5 heteroatoms. The molecule has 0 radical (unpaired) electrons. The van der Waals surface area contributed by atoms with E-state index in [0.717, 1.165) is 6.42 Å². The lowest BCUT2D eigenvalue weighted by Gasteiger charge is -2.28. The first kappa shape index (κ1) is 15.0. The molecule has 0 bridgehead atoms. The highest BCUT2D eigenvalue weighted by atomic mass is 79.9. The molecule has 0 aliphatic heterocycles. The summed E-state index contributed by atoms with van der Waals surface area (Å²) in [7, 11) is 0.